The van der Waals surface area contributed by atoms with Crippen molar-refractivity contribution in [3.63, 3.8) is 0 Å². The summed E-state index contributed by atoms with van der Waals surface area (Å²) in [5.41, 5.74) is 0.408. The van der Waals surface area contributed by atoms with Gasteiger partial charge in [-0.2, -0.15) is 8.42 Å². The maximum atomic E-state index is 11.5. The first-order valence-electron chi connectivity index (χ1n) is 4.63. The smallest absolute Gasteiger partial charge is 0.280 e. The molecule has 1 N–H and O–H groups in total. The number of aliphatic imine (C=N–C) groups is 1. The highest BCUT2D eigenvalue weighted by atomic mass is 32.2. The first kappa shape index (κ1) is 11.0. The van der Waals surface area contributed by atoms with Crippen molar-refractivity contribution in [3.05, 3.63) is 42.4 Å². The predicted molar refractivity (Wildman–Crippen MR) is 59.7 cm³/mol. The number of aromatic nitrogens is 1. The second kappa shape index (κ2) is 3.80. The van der Waals surface area contributed by atoms with Crippen LogP contribution in [0.3, 0.4) is 0 Å². The normalized spacial score (nSPS) is 24.6. The van der Waals surface area contributed by atoms with Crippen molar-refractivity contribution in [2.24, 2.45) is 4.99 Å². The van der Waals surface area contributed by atoms with Crippen molar-refractivity contribution in [1.29, 1.82) is 0 Å². The molecule has 5 nitrogen and oxygen atoms in total. The molecule has 0 saturated heterocycles. The van der Waals surface area contributed by atoms with Gasteiger partial charge < -0.3 is 0 Å². The summed E-state index contributed by atoms with van der Waals surface area (Å²) in [7, 11) is -4.28. The van der Waals surface area contributed by atoms with Gasteiger partial charge >= 0.3 is 0 Å². The van der Waals surface area contributed by atoms with Crippen LogP contribution in [0.15, 0.2) is 41.8 Å². The molecule has 2 rings (SSSR count). The number of hydrogen-bond acceptors (Lipinski definition) is 4. The molecule has 0 radical (unpaired) electrons. The van der Waals surface area contributed by atoms with Gasteiger partial charge in [0, 0.05) is 24.8 Å². The summed E-state index contributed by atoms with van der Waals surface area (Å²) in [6.45, 7) is 0. The SMILES string of the molecule is O=S(=O)(O)C1(c2cccnc2)C=NC=CC1. The predicted octanol–water partition coefficient (Wildman–Crippen LogP) is 1.15. The molecule has 1 aromatic heterocycles. The Morgan fingerprint density at radius 1 is 1.44 bits per heavy atom. The van der Waals surface area contributed by atoms with E-state index in [4.69, 9.17) is 0 Å². The zero-order chi connectivity index (χ0) is 11.6. The molecule has 1 aliphatic rings. The van der Waals surface area contributed by atoms with E-state index in [0.717, 1.165) is 0 Å². The largest absolute Gasteiger partial charge is 0.285 e. The number of nitrogens with zero attached hydrogens (tertiary/aromatic N) is 2. The monoisotopic (exact) mass is 238 g/mol. The molecule has 0 spiro atoms. The Morgan fingerprint density at radius 2 is 2.25 bits per heavy atom. The molecule has 1 aliphatic heterocycles. The van der Waals surface area contributed by atoms with Gasteiger partial charge in [0.15, 0.2) is 4.75 Å². The van der Waals surface area contributed by atoms with Crippen molar-refractivity contribution < 1.29 is 13.0 Å². The fourth-order valence-corrected chi connectivity index (χ4v) is 2.55. The lowest BCUT2D eigenvalue weighted by atomic mass is 9.96. The average Bonchev–Trinajstić information content (AvgIpc) is 2.30. The van der Waals surface area contributed by atoms with Crippen molar-refractivity contribution >= 4 is 16.3 Å². The Labute approximate surface area is 93.3 Å². The van der Waals surface area contributed by atoms with E-state index in [1.54, 1.807) is 18.2 Å². The molecule has 2 heterocycles. The van der Waals surface area contributed by atoms with E-state index in [9.17, 15) is 13.0 Å². The van der Waals surface area contributed by atoms with Crippen LogP contribution >= 0.6 is 0 Å². The van der Waals surface area contributed by atoms with E-state index in [2.05, 4.69) is 9.98 Å². The average molecular weight is 238 g/mol. The van der Waals surface area contributed by atoms with Gasteiger partial charge in [-0.15, -0.1) is 0 Å². The molecule has 0 aromatic carbocycles. The Balaban J connectivity index is 2.62. The molecule has 1 atom stereocenters. The van der Waals surface area contributed by atoms with Gasteiger partial charge in [0.2, 0.25) is 0 Å². The fraction of sp³-hybridized carbons (Fsp3) is 0.200. The van der Waals surface area contributed by atoms with Crippen LogP contribution in [-0.4, -0.2) is 24.2 Å². The van der Waals surface area contributed by atoms with Gasteiger partial charge in [-0.3, -0.25) is 14.5 Å². The van der Waals surface area contributed by atoms with Gasteiger partial charge in [0.25, 0.3) is 10.1 Å². The van der Waals surface area contributed by atoms with Crippen molar-refractivity contribution in [1.82, 2.24) is 4.98 Å². The summed E-state index contributed by atoms with van der Waals surface area (Å²) in [6, 6.07) is 3.22. The maximum absolute atomic E-state index is 11.5. The standard InChI is InChI=1S/C10H10N2O3S/c13-16(14,15)10(4-2-6-12-8-10)9-3-1-5-11-7-9/h1-3,5-8H,4H2,(H,13,14,15). The lowest BCUT2D eigenvalue weighted by Crippen LogP contribution is -2.37. The molecule has 0 aliphatic carbocycles. The Bertz CT molecular complexity index is 536. The molecule has 0 amide bonds. The van der Waals surface area contributed by atoms with E-state index in [1.165, 1.54) is 24.8 Å². The third-order valence-corrected chi connectivity index (χ3v) is 3.93. The van der Waals surface area contributed by atoms with E-state index in [1.807, 2.05) is 0 Å². The first-order chi connectivity index (χ1) is 7.56. The lowest BCUT2D eigenvalue weighted by molar-refractivity contribution is 0.456. The number of allylic oxidation sites excluding steroid dienone is 1. The quantitative estimate of drug-likeness (QED) is 0.784. The van der Waals surface area contributed by atoms with Gasteiger partial charge in [0.05, 0.1) is 0 Å². The van der Waals surface area contributed by atoms with Crippen molar-refractivity contribution in [2.45, 2.75) is 11.2 Å². The van der Waals surface area contributed by atoms with Gasteiger partial charge in [-0.25, -0.2) is 0 Å². The Hall–Kier alpha value is -1.53. The van der Waals surface area contributed by atoms with Crippen molar-refractivity contribution in [2.75, 3.05) is 0 Å². The zero-order valence-corrected chi connectivity index (χ0v) is 9.13. The minimum absolute atomic E-state index is 0.154. The highest BCUT2D eigenvalue weighted by molar-refractivity contribution is 7.87. The molecule has 0 bridgehead atoms. The molecule has 16 heavy (non-hydrogen) atoms. The minimum Gasteiger partial charge on any atom is -0.285 e. The summed E-state index contributed by atoms with van der Waals surface area (Å²) in [4.78, 5) is 7.66. The van der Waals surface area contributed by atoms with E-state index >= 15 is 0 Å². The minimum atomic E-state index is -4.28. The van der Waals surface area contributed by atoms with E-state index in [-0.39, 0.29) is 6.42 Å². The molecule has 1 aromatic rings. The van der Waals surface area contributed by atoms with E-state index < -0.39 is 14.9 Å². The molecule has 6 heteroatoms. The topological polar surface area (TPSA) is 79.6 Å². The van der Waals surface area contributed by atoms with Crippen LogP contribution in [0.1, 0.15) is 12.0 Å². The summed E-state index contributed by atoms with van der Waals surface area (Å²) >= 11 is 0. The lowest BCUT2D eigenvalue weighted by Gasteiger charge is -2.26. The van der Waals surface area contributed by atoms with Crippen LogP contribution < -0.4 is 0 Å². The van der Waals surface area contributed by atoms with Crippen LogP contribution in [0, 0.1) is 0 Å². The molecule has 84 valence electrons. The Kier molecular flexibility index (Phi) is 2.61. The van der Waals surface area contributed by atoms with Crippen LogP contribution in [-0.2, 0) is 14.9 Å². The molecular formula is C10H10N2O3S. The van der Waals surface area contributed by atoms with Crippen LogP contribution in [0.2, 0.25) is 0 Å². The molecule has 0 fully saturated rings. The van der Waals surface area contributed by atoms with Gasteiger partial charge in [0.1, 0.15) is 0 Å². The molecule has 1 unspecified atom stereocenters. The molecule has 0 saturated carbocycles. The summed E-state index contributed by atoms with van der Waals surface area (Å²) in [5, 5.41) is 0. The summed E-state index contributed by atoms with van der Waals surface area (Å²) in [5.74, 6) is 0. The number of pyridine rings is 1. The zero-order valence-electron chi connectivity index (χ0n) is 8.31. The van der Waals surface area contributed by atoms with Gasteiger partial charge in [-0.05, 0) is 18.1 Å². The third kappa shape index (κ3) is 1.66. The second-order valence-electron chi connectivity index (χ2n) is 3.47. The number of hydrogen-bond donors (Lipinski definition) is 1. The van der Waals surface area contributed by atoms with Crippen LogP contribution in [0.4, 0.5) is 0 Å². The molecular weight excluding hydrogens is 228 g/mol. The summed E-state index contributed by atoms with van der Waals surface area (Å²) < 4.78 is 30.9. The van der Waals surface area contributed by atoms with Crippen LogP contribution in [0.5, 0.6) is 0 Å². The Morgan fingerprint density at radius 3 is 2.75 bits per heavy atom. The van der Waals surface area contributed by atoms with Gasteiger partial charge in [-0.1, -0.05) is 12.1 Å². The highest BCUT2D eigenvalue weighted by Gasteiger charge is 2.43. The van der Waals surface area contributed by atoms with Crippen LogP contribution in [0.25, 0.3) is 0 Å². The first-order valence-corrected chi connectivity index (χ1v) is 6.07. The maximum Gasteiger partial charge on any atom is 0.280 e. The highest BCUT2D eigenvalue weighted by Crippen LogP contribution is 2.33. The third-order valence-electron chi connectivity index (χ3n) is 2.51. The second-order valence-corrected chi connectivity index (χ2v) is 5.15. The fourth-order valence-electron chi connectivity index (χ4n) is 1.63. The number of rotatable bonds is 2. The van der Waals surface area contributed by atoms with E-state index in [0.29, 0.717) is 5.56 Å². The summed E-state index contributed by atoms with van der Waals surface area (Å²) in [6.07, 6.45) is 7.44. The van der Waals surface area contributed by atoms with Crippen molar-refractivity contribution in [3.8, 4) is 0 Å².